The Kier molecular flexibility index (Phi) is 6.08. The van der Waals surface area contributed by atoms with Gasteiger partial charge in [-0.25, -0.2) is 5.43 Å². The maximum absolute atomic E-state index is 12.1. The van der Waals surface area contributed by atoms with E-state index in [0.717, 1.165) is 48.9 Å². The van der Waals surface area contributed by atoms with E-state index in [1.54, 1.807) is 6.21 Å². The summed E-state index contributed by atoms with van der Waals surface area (Å²) in [4.78, 5) is 13.3. The Hall–Kier alpha value is -2.44. The second-order valence-corrected chi connectivity index (χ2v) is 7.26. The van der Waals surface area contributed by atoms with Gasteiger partial charge in [-0.1, -0.05) is 6.07 Å². The molecule has 0 unspecified atom stereocenters. The molecule has 1 aliphatic rings. The van der Waals surface area contributed by atoms with Crippen molar-refractivity contribution >= 4 is 12.1 Å². The van der Waals surface area contributed by atoms with Gasteiger partial charge in [-0.2, -0.15) is 5.10 Å². The number of carbonyl (C=O) groups excluding carboxylic acids is 1. The first kappa shape index (κ1) is 19.3. The fourth-order valence-corrected chi connectivity index (χ4v) is 3.46. The van der Waals surface area contributed by atoms with Crippen LogP contribution in [0.4, 0.5) is 0 Å². The molecule has 1 aromatic heterocycles. The lowest BCUT2D eigenvalue weighted by atomic mass is 10.1. The van der Waals surface area contributed by atoms with Crippen molar-refractivity contribution in [1.29, 1.82) is 0 Å². The van der Waals surface area contributed by atoms with Gasteiger partial charge >= 0.3 is 0 Å². The van der Waals surface area contributed by atoms with Gasteiger partial charge in [-0.15, -0.1) is 0 Å². The molecule has 3 rings (SSSR count). The maximum atomic E-state index is 12.1. The number of nitrogens with zero attached hydrogens (tertiary/aromatic N) is 2. The third kappa shape index (κ3) is 4.64. The second kappa shape index (κ2) is 8.50. The molecule has 1 aliphatic heterocycles. The zero-order valence-corrected chi connectivity index (χ0v) is 16.6. The van der Waals surface area contributed by atoms with Crippen LogP contribution in [0.25, 0.3) is 5.69 Å². The number of hydrogen-bond acceptors (Lipinski definition) is 3. The van der Waals surface area contributed by atoms with Gasteiger partial charge in [0, 0.05) is 22.6 Å². The summed E-state index contributed by atoms with van der Waals surface area (Å²) in [7, 11) is 0. The van der Waals surface area contributed by atoms with Crippen LogP contribution in [-0.2, 0) is 9.53 Å². The molecule has 6 nitrogen and oxygen atoms in total. The largest absolute Gasteiger partial charge is 0.370 e. The minimum absolute atomic E-state index is 0.0638. The van der Waals surface area contributed by atoms with Crippen LogP contribution >= 0.6 is 0 Å². The molecule has 2 N–H and O–H groups in total. The first-order valence-corrected chi connectivity index (χ1v) is 9.45. The molecule has 2 heterocycles. The molecule has 0 aliphatic carbocycles. The van der Waals surface area contributed by atoms with Crippen molar-refractivity contribution in [3.63, 3.8) is 0 Å². The predicted molar refractivity (Wildman–Crippen MR) is 107 cm³/mol. The number of morpholine rings is 1. The number of nitrogens with one attached hydrogen (secondary N) is 2. The summed E-state index contributed by atoms with van der Waals surface area (Å²) in [6.07, 6.45) is 1.73. The average Bonchev–Trinajstić information content (AvgIpc) is 2.92. The highest BCUT2D eigenvalue weighted by atomic mass is 16.5. The van der Waals surface area contributed by atoms with Crippen molar-refractivity contribution in [3.8, 4) is 5.69 Å². The second-order valence-electron chi connectivity index (χ2n) is 7.26. The summed E-state index contributed by atoms with van der Waals surface area (Å²) < 4.78 is 7.53. The Morgan fingerprint density at radius 1 is 1.19 bits per heavy atom. The van der Waals surface area contributed by atoms with Crippen LogP contribution < -0.4 is 10.3 Å². The Bertz CT molecular complexity index is 848. The minimum atomic E-state index is -0.0638. The highest BCUT2D eigenvalue weighted by Gasteiger charge is 2.17. The van der Waals surface area contributed by atoms with Gasteiger partial charge in [0.25, 0.3) is 5.91 Å². The number of benzene rings is 1. The Morgan fingerprint density at radius 3 is 2.63 bits per heavy atom. The fourth-order valence-electron chi connectivity index (χ4n) is 3.46. The maximum Gasteiger partial charge on any atom is 0.295 e. The molecule has 144 valence electrons. The van der Waals surface area contributed by atoms with Crippen molar-refractivity contribution in [3.05, 3.63) is 52.3 Å². The van der Waals surface area contributed by atoms with E-state index in [2.05, 4.69) is 67.1 Å². The SMILES string of the molecule is Cc1ccc(-n2c(C)cc(/C=N\NC(=O)C[NH+]3CCOCC3)c2C)cc1C. The summed E-state index contributed by atoms with van der Waals surface area (Å²) >= 11 is 0. The predicted octanol–water partition coefficient (Wildman–Crippen LogP) is 1.08. The number of aryl methyl sites for hydroxylation is 3. The molecule has 6 heteroatoms. The molecular weight excluding hydrogens is 340 g/mol. The quantitative estimate of drug-likeness (QED) is 0.612. The molecule has 0 saturated carbocycles. The number of aromatic nitrogens is 1. The van der Waals surface area contributed by atoms with Crippen molar-refractivity contribution in [2.75, 3.05) is 32.8 Å². The first-order valence-electron chi connectivity index (χ1n) is 9.45. The van der Waals surface area contributed by atoms with Crippen molar-refractivity contribution in [1.82, 2.24) is 9.99 Å². The standard InChI is InChI=1S/C21H28N4O2/c1-15-5-6-20(11-16(15)2)25-17(3)12-19(18(25)4)13-22-23-21(26)14-24-7-9-27-10-8-24/h5-6,11-13H,7-10,14H2,1-4H3,(H,23,26)/p+1/b22-13-. The third-order valence-electron chi connectivity index (χ3n) is 5.22. The lowest BCUT2D eigenvalue weighted by Crippen LogP contribution is -3.15. The molecule has 0 radical (unpaired) electrons. The molecule has 1 aromatic carbocycles. The van der Waals surface area contributed by atoms with Gasteiger partial charge in [0.05, 0.1) is 19.4 Å². The van der Waals surface area contributed by atoms with Crippen molar-refractivity contribution in [2.24, 2.45) is 5.10 Å². The van der Waals surface area contributed by atoms with E-state index in [9.17, 15) is 4.79 Å². The van der Waals surface area contributed by atoms with Gasteiger partial charge < -0.3 is 14.2 Å². The summed E-state index contributed by atoms with van der Waals surface area (Å²) in [5.74, 6) is -0.0638. The molecule has 0 spiro atoms. The molecule has 1 amide bonds. The number of rotatable bonds is 5. The molecule has 2 aromatic rings. The van der Waals surface area contributed by atoms with Crippen LogP contribution in [0.15, 0.2) is 29.4 Å². The van der Waals surface area contributed by atoms with E-state index in [1.807, 2.05) is 0 Å². The Balaban J connectivity index is 1.67. The van der Waals surface area contributed by atoms with E-state index >= 15 is 0 Å². The number of quaternary nitrogens is 1. The van der Waals surface area contributed by atoms with E-state index in [4.69, 9.17) is 4.74 Å². The fraction of sp³-hybridized carbons (Fsp3) is 0.429. The summed E-state index contributed by atoms with van der Waals surface area (Å²) in [6, 6.07) is 8.57. The topological polar surface area (TPSA) is 60.1 Å². The molecule has 0 bridgehead atoms. The third-order valence-corrected chi connectivity index (χ3v) is 5.22. The molecule has 1 fully saturated rings. The first-order chi connectivity index (χ1) is 13.0. The number of hydrogen-bond donors (Lipinski definition) is 2. The van der Waals surface area contributed by atoms with Gasteiger partial charge in [0.1, 0.15) is 13.1 Å². The Morgan fingerprint density at radius 2 is 1.93 bits per heavy atom. The number of carbonyl (C=O) groups is 1. The van der Waals surface area contributed by atoms with E-state index in [-0.39, 0.29) is 5.91 Å². The van der Waals surface area contributed by atoms with E-state index in [1.165, 1.54) is 16.0 Å². The average molecular weight is 369 g/mol. The normalized spacial score (nSPS) is 15.4. The molecule has 1 saturated heterocycles. The smallest absolute Gasteiger partial charge is 0.295 e. The van der Waals surface area contributed by atoms with Crippen LogP contribution in [0.1, 0.15) is 28.1 Å². The van der Waals surface area contributed by atoms with Gasteiger partial charge in [-0.05, 0) is 57.0 Å². The van der Waals surface area contributed by atoms with Crippen LogP contribution in [0.5, 0.6) is 0 Å². The lowest BCUT2D eigenvalue weighted by molar-refractivity contribution is -0.900. The number of amides is 1. The highest BCUT2D eigenvalue weighted by molar-refractivity contribution is 5.84. The highest BCUT2D eigenvalue weighted by Crippen LogP contribution is 2.21. The van der Waals surface area contributed by atoms with Crippen molar-refractivity contribution in [2.45, 2.75) is 27.7 Å². The van der Waals surface area contributed by atoms with Crippen LogP contribution in [-0.4, -0.2) is 49.5 Å². The lowest BCUT2D eigenvalue weighted by Gasteiger charge is -2.22. The summed E-state index contributed by atoms with van der Waals surface area (Å²) in [5.41, 5.74) is 9.60. The van der Waals surface area contributed by atoms with Gasteiger partial charge in [-0.3, -0.25) is 4.79 Å². The summed E-state index contributed by atoms with van der Waals surface area (Å²) in [6.45, 7) is 12.0. The number of hydrazone groups is 1. The monoisotopic (exact) mass is 369 g/mol. The molecule has 27 heavy (non-hydrogen) atoms. The zero-order valence-electron chi connectivity index (χ0n) is 16.6. The molecular formula is C21H29N4O2+. The Labute approximate surface area is 160 Å². The van der Waals surface area contributed by atoms with Gasteiger partial charge in [0.15, 0.2) is 6.54 Å². The minimum Gasteiger partial charge on any atom is -0.370 e. The van der Waals surface area contributed by atoms with Crippen molar-refractivity contribution < 1.29 is 14.4 Å². The van der Waals surface area contributed by atoms with E-state index < -0.39 is 0 Å². The molecule has 0 atom stereocenters. The summed E-state index contributed by atoms with van der Waals surface area (Å²) in [5, 5.41) is 4.17. The van der Waals surface area contributed by atoms with E-state index in [0.29, 0.717) is 6.54 Å². The van der Waals surface area contributed by atoms with Crippen LogP contribution in [0, 0.1) is 27.7 Å². The van der Waals surface area contributed by atoms with Crippen LogP contribution in [0.3, 0.4) is 0 Å². The number of ether oxygens (including phenoxy) is 1. The zero-order chi connectivity index (χ0) is 19.4. The van der Waals surface area contributed by atoms with Crippen LogP contribution in [0.2, 0.25) is 0 Å². The van der Waals surface area contributed by atoms with Gasteiger partial charge in [0.2, 0.25) is 0 Å².